The standard InChI is InChI=1S/C15H15F3N2O/c16-11-3-1-2-10(8-11)12-13(21-20-14(12)19)9-4-6-15(17,18)7-5-9/h1-3,8-9H,4-7H2,(H2,19,20). The largest absolute Gasteiger partial charge is 0.380 e. The molecule has 0 amide bonds. The maximum absolute atomic E-state index is 13.4. The third kappa shape index (κ3) is 2.75. The third-order valence-corrected chi connectivity index (χ3v) is 3.95. The zero-order valence-electron chi connectivity index (χ0n) is 11.3. The maximum atomic E-state index is 13.4. The quantitative estimate of drug-likeness (QED) is 0.896. The van der Waals surface area contributed by atoms with Gasteiger partial charge >= 0.3 is 0 Å². The molecule has 0 atom stereocenters. The van der Waals surface area contributed by atoms with E-state index in [0.717, 1.165) is 0 Å². The predicted octanol–water partition coefficient (Wildman–Crippen LogP) is 4.36. The van der Waals surface area contributed by atoms with Gasteiger partial charge in [0.1, 0.15) is 11.6 Å². The van der Waals surface area contributed by atoms with Crippen LogP contribution in [0.1, 0.15) is 37.4 Å². The first kappa shape index (κ1) is 14.0. The van der Waals surface area contributed by atoms with Crippen LogP contribution in [0.3, 0.4) is 0 Å². The summed E-state index contributed by atoms with van der Waals surface area (Å²) in [6.45, 7) is 0. The smallest absolute Gasteiger partial charge is 0.248 e. The van der Waals surface area contributed by atoms with Crippen molar-refractivity contribution in [1.29, 1.82) is 0 Å². The maximum Gasteiger partial charge on any atom is 0.248 e. The Bertz CT molecular complexity index is 644. The zero-order chi connectivity index (χ0) is 15.0. The minimum Gasteiger partial charge on any atom is -0.380 e. The average molecular weight is 296 g/mol. The molecule has 0 bridgehead atoms. The van der Waals surface area contributed by atoms with Crippen molar-refractivity contribution in [2.75, 3.05) is 5.73 Å². The number of hydrogen-bond donors (Lipinski definition) is 1. The summed E-state index contributed by atoms with van der Waals surface area (Å²) < 4.78 is 45.1. The average Bonchev–Trinajstić information content (AvgIpc) is 2.80. The highest BCUT2D eigenvalue weighted by Crippen LogP contribution is 2.44. The second-order valence-electron chi connectivity index (χ2n) is 5.45. The number of nitrogen functional groups attached to an aromatic ring is 1. The van der Waals surface area contributed by atoms with Gasteiger partial charge in [-0.05, 0) is 30.5 Å². The third-order valence-electron chi connectivity index (χ3n) is 3.95. The fraction of sp³-hybridized carbons (Fsp3) is 0.400. The number of nitrogens with two attached hydrogens (primary N) is 1. The molecule has 1 heterocycles. The lowest BCUT2D eigenvalue weighted by molar-refractivity contribution is -0.0398. The van der Waals surface area contributed by atoms with Crippen LogP contribution in [0.4, 0.5) is 19.0 Å². The van der Waals surface area contributed by atoms with E-state index in [-0.39, 0.29) is 24.6 Å². The molecule has 2 N–H and O–H groups in total. The van der Waals surface area contributed by atoms with Crippen molar-refractivity contribution in [3.05, 3.63) is 35.8 Å². The van der Waals surface area contributed by atoms with Crippen molar-refractivity contribution in [3.63, 3.8) is 0 Å². The topological polar surface area (TPSA) is 52.0 Å². The number of hydrogen-bond acceptors (Lipinski definition) is 3. The molecular formula is C15H15F3N2O. The van der Waals surface area contributed by atoms with Crippen molar-refractivity contribution in [1.82, 2.24) is 5.16 Å². The summed E-state index contributed by atoms with van der Waals surface area (Å²) in [7, 11) is 0. The number of rotatable bonds is 2. The van der Waals surface area contributed by atoms with Crippen LogP contribution >= 0.6 is 0 Å². The first-order valence-electron chi connectivity index (χ1n) is 6.85. The van der Waals surface area contributed by atoms with Gasteiger partial charge in [-0.2, -0.15) is 0 Å². The van der Waals surface area contributed by atoms with Crippen LogP contribution in [-0.4, -0.2) is 11.1 Å². The summed E-state index contributed by atoms with van der Waals surface area (Å²) in [6, 6.07) is 5.93. The van der Waals surface area contributed by atoms with E-state index >= 15 is 0 Å². The van der Waals surface area contributed by atoms with E-state index < -0.39 is 11.7 Å². The first-order chi connectivity index (χ1) is 9.96. The second kappa shape index (κ2) is 5.09. The number of alkyl halides is 2. The van der Waals surface area contributed by atoms with E-state index in [1.807, 2.05) is 0 Å². The van der Waals surface area contributed by atoms with Gasteiger partial charge < -0.3 is 10.3 Å². The van der Waals surface area contributed by atoms with Crippen LogP contribution in [-0.2, 0) is 0 Å². The lowest BCUT2D eigenvalue weighted by atomic mass is 9.83. The summed E-state index contributed by atoms with van der Waals surface area (Å²) in [5, 5.41) is 3.73. The van der Waals surface area contributed by atoms with Gasteiger partial charge in [-0.25, -0.2) is 13.2 Å². The molecule has 1 aliphatic rings. The van der Waals surface area contributed by atoms with E-state index in [1.165, 1.54) is 12.1 Å². The highest BCUT2D eigenvalue weighted by atomic mass is 19.3. The van der Waals surface area contributed by atoms with Gasteiger partial charge in [0.05, 0.1) is 5.56 Å². The van der Waals surface area contributed by atoms with Gasteiger partial charge in [-0.1, -0.05) is 17.3 Å². The fourth-order valence-electron chi connectivity index (χ4n) is 2.83. The molecule has 2 aromatic rings. The minimum atomic E-state index is -2.61. The highest BCUT2D eigenvalue weighted by molar-refractivity contribution is 5.76. The SMILES string of the molecule is Nc1noc(C2CCC(F)(F)CC2)c1-c1cccc(F)c1. The van der Waals surface area contributed by atoms with Crippen LogP contribution in [0.25, 0.3) is 11.1 Å². The Morgan fingerprint density at radius 3 is 2.62 bits per heavy atom. The fourth-order valence-corrected chi connectivity index (χ4v) is 2.83. The van der Waals surface area contributed by atoms with Gasteiger partial charge in [0.15, 0.2) is 5.82 Å². The van der Waals surface area contributed by atoms with Crippen molar-refractivity contribution in [2.45, 2.75) is 37.5 Å². The van der Waals surface area contributed by atoms with E-state index in [9.17, 15) is 13.2 Å². The van der Waals surface area contributed by atoms with Crippen molar-refractivity contribution < 1.29 is 17.7 Å². The Morgan fingerprint density at radius 1 is 1.24 bits per heavy atom. The normalized spacial score (nSPS) is 18.8. The van der Waals surface area contributed by atoms with E-state index in [1.54, 1.807) is 12.1 Å². The van der Waals surface area contributed by atoms with E-state index in [0.29, 0.717) is 29.7 Å². The van der Waals surface area contributed by atoms with Crippen molar-refractivity contribution in [2.24, 2.45) is 0 Å². The number of halogens is 3. The summed E-state index contributed by atoms with van der Waals surface area (Å²) in [5.74, 6) is -2.52. The van der Waals surface area contributed by atoms with Crippen molar-refractivity contribution in [3.8, 4) is 11.1 Å². The summed E-state index contributed by atoms with van der Waals surface area (Å²) in [6.07, 6.45) is 0.260. The molecule has 1 aromatic carbocycles. The molecule has 1 aliphatic carbocycles. The van der Waals surface area contributed by atoms with Crippen LogP contribution in [0, 0.1) is 5.82 Å². The number of aromatic nitrogens is 1. The number of benzene rings is 1. The molecule has 3 rings (SSSR count). The Hall–Kier alpha value is -1.98. The van der Waals surface area contributed by atoms with E-state index in [2.05, 4.69) is 5.16 Å². The Balaban J connectivity index is 1.95. The lowest BCUT2D eigenvalue weighted by Crippen LogP contribution is -2.23. The molecule has 1 fully saturated rings. The molecule has 6 heteroatoms. The van der Waals surface area contributed by atoms with Gasteiger partial charge in [0.25, 0.3) is 0 Å². The molecule has 21 heavy (non-hydrogen) atoms. The van der Waals surface area contributed by atoms with Gasteiger partial charge in [0.2, 0.25) is 5.92 Å². The Kier molecular flexibility index (Phi) is 3.39. The van der Waals surface area contributed by atoms with Crippen molar-refractivity contribution >= 4 is 5.82 Å². The number of nitrogens with zero attached hydrogens (tertiary/aromatic N) is 1. The van der Waals surface area contributed by atoms with Gasteiger partial charge in [0, 0.05) is 18.8 Å². The van der Waals surface area contributed by atoms with Crippen LogP contribution in [0.15, 0.2) is 28.8 Å². The molecule has 3 nitrogen and oxygen atoms in total. The first-order valence-corrected chi connectivity index (χ1v) is 6.85. The minimum absolute atomic E-state index is 0.160. The summed E-state index contributed by atoms with van der Waals surface area (Å²) in [5.41, 5.74) is 6.88. The second-order valence-corrected chi connectivity index (χ2v) is 5.45. The van der Waals surface area contributed by atoms with Crippen LogP contribution < -0.4 is 5.73 Å². The lowest BCUT2D eigenvalue weighted by Gasteiger charge is -2.27. The zero-order valence-corrected chi connectivity index (χ0v) is 11.3. The predicted molar refractivity (Wildman–Crippen MR) is 72.5 cm³/mol. The van der Waals surface area contributed by atoms with Crippen LogP contribution in [0.2, 0.25) is 0 Å². The molecule has 0 unspecified atom stereocenters. The molecule has 0 radical (unpaired) electrons. The summed E-state index contributed by atoms with van der Waals surface area (Å²) >= 11 is 0. The summed E-state index contributed by atoms with van der Waals surface area (Å²) in [4.78, 5) is 0. The van der Waals surface area contributed by atoms with Crippen LogP contribution in [0.5, 0.6) is 0 Å². The monoisotopic (exact) mass is 296 g/mol. The Morgan fingerprint density at radius 2 is 1.95 bits per heavy atom. The number of anilines is 1. The molecule has 0 spiro atoms. The molecule has 1 saturated carbocycles. The van der Waals surface area contributed by atoms with Gasteiger partial charge in [-0.3, -0.25) is 0 Å². The molecular weight excluding hydrogens is 281 g/mol. The van der Waals surface area contributed by atoms with Gasteiger partial charge in [-0.15, -0.1) is 0 Å². The Labute approximate surface area is 119 Å². The molecule has 0 saturated heterocycles. The molecule has 1 aromatic heterocycles. The highest BCUT2D eigenvalue weighted by Gasteiger charge is 2.38. The van der Waals surface area contributed by atoms with E-state index in [4.69, 9.17) is 10.3 Å². The molecule has 112 valence electrons. The molecule has 0 aliphatic heterocycles.